The van der Waals surface area contributed by atoms with Gasteiger partial charge in [0.05, 0.1) is 19.7 Å². The Balaban J connectivity index is 1.81. The fourth-order valence-electron chi connectivity index (χ4n) is 1.95. The van der Waals surface area contributed by atoms with Crippen LogP contribution in [0.3, 0.4) is 0 Å². The van der Waals surface area contributed by atoms with Gasteiger partial charge in [-0.05, 0) is 47.5 Å². The highest BCUT2D eigenvalue weighted by atomic mass is 16.5. The molecule has 130 valence electrons. The van der Waals surface area contributed by atoms with Crippen molar-refractivity contribution in [3.63, 3.8) is 0 Å². The fraction of sp³-hybridized carbons (Fsp3) is 0.167. The first-order valence-corrected chi connectivity index (χ1v) is 7.53. The van der Waals surface area contributed by atoms with Gasteiger partial charge in [0.25, 0.3) is 5.91 Å². The number of hydrogen-bond acceptors (Lipinski definition) is 5. The van der Waals surface area contributed by atoms with Crippen LogP contribution in [0.4, 0.5) is 0 Å². The van der Waals surface area contributed by atoms with E-state index in [0.717, 1.165) is 16.9 Å². The lowest BCUT2D eigenvalue weighted by molar-refractivity contribution is -0.121. The van der Waals surface area contributed by atoms with E-state index in [2.05, 4.69) is 10.5 Å². The van der Waals surface area contributed by atoms with Crippen molar-refractivity contribution in [3.8, 4) is 11.5 Å². The topological polar surface area (TPSA) is 103 Å². The molecule has 0 aliphatic heterocycles. The van der Waals surface area contributed by atoms with E-state index in [1.807, 2.05) is 12.1 Å². The number of carbonyl (C=O) groups is 2. The minimum absolute atomic E-state index is 0.172. The molecular weight excluding hydrogens is 322 g/mol. The summed E-state index contributed by atoms with van der Waals surface area (Å²) < 4.78 is 10.2. The number of carbonyl (C=O) groups excluding carboxylic acids is 2. The third kappa shape index (κ3) is 6.34. The molecule has 0 spiro atoms. The number of nitrogens with zero attached hydrogens (tertiary/aromatic N) is 1. The van der Waals surface area contributed by atoms with Crippen molar-refractivity contribution < 1.29 is 19.1 Å². The highest BCUT2D eigenvalue weighted by molar-refractivity contribution is 5.83. The lowest BCUT2D eigenvalue weighted by Crippen LogP contribution is -2.20. The molecule has 0 saturated carbocycles. The van der Waals surface area contributed by atoms with E-state index < -0.39 is 5.91 Å². The molecule has 0 heterocycles. The van der Waals surface area contributed by atoms with Crippen LogP contribution < -0.4 is 20.6 Å². The number of nitrogens with one attached hydrogen (secondary N) is 1. The normalized spacial score (nSPS) is 10.4. The van der Waals surface area contributed by atoms with E-state index in [9.17, 15) is 9.59 Å². The zero-order valence-electron chi connectivity index (χ0n) is 13.8. The first kappa shape index (κ1) is 18.0. The Morgan fingerprint density at radius 2 is 1.72 bits per heavy atom. The maximum Gasteiger partial charge on any atom is 0.255 e. The van der Waals surface area contributed by atoms with Crippen LogP contribution in [0.25, 0.3) is 0 Å². The largest absolute Gasteiger partial charge is 0.497 e. The van der Waals surface area contributed by atoms with Gasteiger partial charge >= 0.3 is 0 Å². The van der Waals surface area contributed by atoms with Crippen LogP contribution in [0.1, 0.15) is 11.1 Å². The Kier molecular flexibility index (Phi) is 6.53. The Bertz CT molecular complexity index is 740. The summed E-state index contributed by atoms with van der Waals surface area (Å²) in [7, 11) is 1.59. The molecule has 0 bridgehead atoms. The molecule has 2 amide bonds. The molecule has 2 aromatic rings. The van der Waals surface area contributed by atoms with E-state index in [4.69, 9.17) is 15.2 Å². The minimum atomic E-state index is -0.537. The van der Waals surface area contributed by atoms with Crippen molar-refractivity contribution in [2.45, 2.75) is 6.42 Å². The number of hydrogen-bond donors (Lipinski definition) is 2. The summed E-state index contributed by atoms with van der Waals surface area (Å²) in [5.74, 6) is 0.512. The first-order chi connectivity index (χ1) is 12.1. The first-order valence-electron chi connectivity index (χ1n) is 7.53. The average molecular weight is 341 g/mol. The van der Waals surface area contributed by atoms with Gasteiger partial charge in [-0.15, -0.1) is 0 Å². The summed E-state index contributed by atoms with van der Waals surface area (Å²) >= 11 is 0. The van der Waals surface area contributed by atoms with Gasteiger partial charge < -0.3 is 15.2 Å². The lowest BCUT2D eigenvalue weighted by Gasteiger charge is -2.04. The number of rotatable bonds is 8. The molecule has 0 aromatic heterocycles. The third-order valence-electron chi connectivity index (χ3n) is 3.19. The molecule has 2 aromatic carbocycles. The zero-order chi connectivity index (χ0) is 18.1. The van der Waals surface area contributed by atoms with Crippen molar-refractivity contribution in [1.29, 1.82) is 0 Å². The quantitative estimate of drug-likeness (QED) is 0.557. The molecule has 0 fully saturated rings. The Morgan fingerprint density at radius 1 is 1.08 bits per heavy atom. The van der Waals surface area contributed by atoms with Crippen LogP contribution in [0.15, 0.2) is 53.6 Å². The number of primary amides is 1. The van der Waals surface area contributed by atoms with Gasteiger partial charge in [0.15, 0.2) is 6.61 Å². The fourth-order valence-corrected chi connectivity index (χ4v) is 1.95. The van der Waals surface area contributed by atoms with E-state index in [1.165, 1.54) is 6.21 Å². The van der Waals surface area contributed by atoms with Gasteiger partial charge in [0.2, 0.25) is 5.91 Å². The number of benzene rings is 2. The number of nitrogens with two attached hydrogens (primary N) is 1. The predicted octanol–water partition coefficient (Wildman–Crippen LogP) is 1.25. The number of hydrazone groups is 1. The van der Waals surface area contributed by atoms with Gasteiger partial charge in [-0.1, -0.05) is 12.1 Å². The summed E-state index contributed by atoms with van der Waals surface area (Å²) in [6, 6.07) is 14.1. The van der Waals surface area contributed by atoms with Gasteiger partial charge in [0.1, 0.15) is 11.5 Å². The van der Waals surface area contributed by atoms with Crippen molar-refractivity contribution in [2.75, 3.05) is 13.7 Å². The Morgan fingerprint density at radius 3 is 2.32 bits per heavy atom. The van der Waals surface area contributed by atoms with Gasteiger partial charge in [0, 0.05) is 0 Å². The minimum Gasteiger partial charge on any atom is -0.497 e. The van der Waals surface area contributed by atoms with E-state index in [0.29, 0.717) is 5.75 Å². The lowest BCUT2D eigenvalue weighted by atomic mass is 10.1. The SMILES string of the molecule is COc1ccc(CC(=O)N/N=C/c2ccc(OCC(N)=O)cc2)cc1. The average Bonchev–Trinajstić information content (AvgIpc) is 2.61. The van der Waals surface area contributed by atoms with Crippen molar-refractivity contribution >= 4 is 18.0 Å². The molecule has 0 saturated heterocycles. The summed E-state index contributed by atoms with van der Waals surface area (Å²) in [5.41, 5.74) is 9.11. The highest BCUT2D eigenvalue weighted by Gasteiger charge is 2.02. The van der Waals surface area contributed by atoms with Crippen molar-refractivity contribution in [3.05, 3.63) is 59.7 Å². The summed E-state index contributed by atoms with van der Waals surface area (Å²) in [4.78, 5) is 22.5. The third-order valence-corrected chi connectivity index (χ3v) is 3.19. The molecular formula is C18H19N3O4. The van der Waals surface area contributed by atoms with Crippen LogP contribution in [-0.2, 0) is 16.0 Å². The second kappa shape index (κ2) is 9.07. The molecule has 2 rings (SSSR count). The molecule has 7 nitrogen and oxygen atoms in total. The van der Waals surface area contributed by atoms with E-state index in [-0.39, 0.29) is 18.9 Å². The van der Waals surface area contributed by atoms with Crippen molar-refractivity contribution in [2.24, 2.45) is 10.8 Å². The molecule has 25 heavy (non-hydrogen) atoms. The molecule has 3 N–H and O–H groups in total. The summed E-state index contributed by atoms with van der Waals surface area (Å²) in [5, 5.41) is 3.91. The molecule has 0 radical (unpaired) electrons. The van der Waals surface area contributed by atoms with Crippen LogP contribution in [-0.4, -0.2) is 31.7 Å². The van der Waals surface area contributed by atoms with Crippen LogP contribution in [0.5, 0.6) is 11.5 Å². The van der Waals surface area contributed by atoms with Gasteiger partial charge in [-0.2, -0.15) is 5.10 Å². The second-order valence-corrected chi connectivity index (χ2v) is 5.14. The standard InChI is InChI=1S/C18H19N3O4/c1-24-15-6-2-13(3-7-15)10-18(23)21-20-11-14-4-8-16(9-5-14)25-12-17(19)22/h2-9,11H,10,12H2,1H3,(H2,19,22)(H,21,23)/b20-11+. The number of amides is 2. The molecule has 7 heteroatoms. The molecule has 0 atom stereocenters. The predicted molar refractivity (Wildman–Crippen MR) is 93.6 cm³/mol. The molecule has 0 aliphatic carbocycles. The monoisotopic (exact) mass is 341 g/mol. The highest BCUT2D eigenvalue weighted by Crippen LogP contribution is 2.12. The Hall–Kier alpha value is -3.35. The van der Waals surface area contributed by atoms with Crippen LogP contribution in [0, 0.1) is 0 Å². The second-order valence-electron chi connectivity index (χ2n) is 5.14. The number of methoxy groups -OCH3 is 1. The Labute approximate surface area is 145 Å². The van der Waals surface area contributed by atoms with Crippen LogP contribution >= 0.6 is 0 Å². The zero-order valence-corrected chi connectivity index (χ0v) is 13.8. The van der Waals surface area contributed by atoms with E-state index in [1.54, 1.807) is 43.5 Å². The molecule has 0 aliphatic rings. The maximum atomic E-state index is 11.8. The number of ether oxygens (including phenoxy) is 2. The van der Waals surface area contributed by atoms with Gasteiger partial charge in [-0.25, -0.2) is 5.43 Å². The van der Waals surface area contributed by atoms with Crippen LogP contribution in [0.2, 0.25) is 0 Å². The summed E-state index contributed by atoms with van der Waals surface area (Å²) in [6.07, 6.45) is 1.74. The van der Waals surface area contributed by atoms with E-state index >= 15 is 0 Å². The maximum absolute atomic E-state index is 11.8. The van der Waals surface area contributed by atoms with Crippen molar-refractivity contribution in [1.82, 2.24) is 5.43 Å². The summed E-state index contributed by atoms with van der Waals surface area (Å²) in [6.45, 7) is -0.172. The smallest absolute Gasteiger partial charge is 0.255 e. The van der Waals surface area contributed by atoms with Gasteiger partial charge in [-0.3, -0.25) is 9.59 Å². The molecule has 0 unspecified atom stereocenters.